The van der Waals surface area contributed by atoms with Crippen molar-refractivity contribution in [3.8, 4) is 5.75 Å². The van der Waals surface area contributed by atoms with Crippen LogP contribution in [0.4, 0.5) is 0 Å². The molecule has 0 unspecified atom stereocenters. The van der Waals surface area contributed by atoms with Gasteiger partial charge >= 0.3 is 0 Å². The quantitative estimate of drug-likeness (QED) is 0.871. The van der Waals surface area contributed by atoms with Crippen LogP contribution in [0.5, 0.6) is 5.75 Å². The van der Waals surface area contributed by atoms with E-state index in [9.17, 15) is 4.79 Å². The lowest BCUT2D eigenvalue weighted by atomic mass is 9.87. The van der Waals surface area contributed by atoms with Crippen molar-refractivity contribution in [1.82, 2.24) is 4.90 Å². The van der Waals surface area contributed by atoms with Crippen molar-refractivity contribution in [1.29, 1.82) is 0 Å². The molecule has 2 atom stereocenters. The molecule has 0 saturated carbocycles. The van der Waals surface area contributed by atoms with E-state index in [1.807, 2.05) is 42.2 Å². The van der Waals surface area contributed by atoms with Crippen LogP contribution < -0.4 is 4.74 Å². The number of ether oxygens (including phenoxy) is 2. The van der Waals surface area contributed by atoms with Gasteiger partial charge in [0.2, 0.25) is 5.91 Å². The molecule has 124 valence electrons. The molecule has 2 aromatic carbocycles. The largest absolute Gasteiger partial charge is 0.497 e. The van der Waals surface area contributed by atoms with E-state index in [0.717, 1.165) is 28.0 Å². The fraction of sp³-hybridized carbons (Fsp3) is 0.350. The highest BCUT2D eigenvalue weighted by atomic mass is 16.5. The lowest BCUT2D eigenvalue weighted by Crippen LogP contribution is -2.28. The molecule has 24 heavy (non-hydrogen) atoms. The van der Waals surface area contributed by atoms with E-state index in [0.29, 0.717) is 19.7 Å². The van der Waals surface area contributed by atoms with Crippen LogP contribution in [-0.2, 0) is 22.7 Å². The molecule has 0 bridgehead atoms. The molecule has 4 heteroatoms. The van der Waals surface area contributed by atoms with Gasteiger partial charge in [-0.1, -0.05) is 30.3 Å². The normalized spacial score (nSPS) is 22.2. The van der Waals surface area contributed by atoms with Gasteiger partial charge in [0.05, 0.1) is 25.7 Å². The van der Waals surface area contributed by atoms with E-state index in [1.165, 1.54) is 0 Å². The summed E-state index contributed by atoms with van der Waals surface area (Å²) in [6.45, 7) is 3.90. The zero-order chi connectivity index (χ0) is 16.7. The summed E-state index contributed by atoms with van der Waals surface area (Å²) in [5.41, 5.74) is 4.47. The second-order valence-corrected chi connectivity index (χ2v) is 6.54. The Bertz CT molecular complexity index is 772. The summed E-state index contributed by atoms with van der Waals surface area (Å²) in [7, 11) is 1.66. The average Bonchev–Trinajstić information content (AvgIpc) is 2.92. The number of benzene rings is 2. The van der Waals surface area contributed by atoms with Gasteiger partial charge in [0.25, 0.3) is 0 Å². The van der Waals surface area contributed by atoms with Gasteiger partial charge in [-0.05, 0) is 41.3 Å². The lowest BCUT2D eigenvalue weighted by Gasteiger charge is -2.28. The minimum atomic E-state index is -0.216. The fourth-order valence-electron chi connectivity index (χ4n) is 3.79. The third kappa shape index (κ3) is 2.47. The van der Waals surface area contributed by atoms with Crippen LogP contribution in [0.2, 0.25) is 0 Å². The Labute approximate surface area is 142 Å². The number of rotatable bonds is 3. The molecule has 2 aliphatic heterocycles. The Balaban J connectivity index is 1.66. The van der Waals surface area contributed by atoms with Crippen molar-refractivity contribution >= 4 is 5.91 Å². The van der Waals surface area contributed by atoms with Gasteiger partial charge < -0.3 is 14.4 Å². The molecule has 2 aliphatic rings. The Morgan fingerprint density at radius 2 is 2.04 bits per heavy atom. The molecule has 2 aromatic rings. The smallest absolute Gasteiger partial charge is 0.233 e. The number of hydrogen-bond donors (Lipinski definition) is 0. The van der Waals surface area contributed by atoms with Crippen LogP contribution in [0.3, 0.4) is 0 Å². The van der Waals surface area contributed by atoms with Crippen molar-refractivity contribution in [2.45, 2.75) is 32.1 Å². The van der Waals surface area contributed by atoms with E-state index in [-0.39, 0.29) is 17.9 Å². The first-order valence-corrected chi connectivity index (χ1v) is 8.29. The van der Waals surface area contributed by atoms with Crippen molar-refractivity contribution in [2.75, 3.05) is 13.7 Å². The SMILES string of the molecule is COc1cc(C)c2c(c1)[C@@H]1C(=O)N(Cc3ccccc3)C[C@H]1OC2. The number of fused-ring (bicyclic) bond motifs is 3. The van der Waals surface area contributed by atoms with Gasteiger partial charge in [0.15, 0.2) is 0 Å². The molecule has 4 rings (SSSR count). The van der Waals surface area contributed by atoms with Crippen LogP contribution in [0.1, 0.15) is 28.2 Å². The third-order valence-electron chi connectivity index (χ3n) is 5.06. The zero-order valence-corrected chi connectivity index (χ0v) is 14.0. The summed E-state index contributed by atoms with van der Waals surface area (Å²) < 4.78 is 11.4. The van der Waals surface area contributed by atoms with Gasteiger partial charge in [-0.3, -0.25) is 4.79 Å². The van der Waals surface area contributed by atoms with Crippen LogP contribution in [0.15, 0.2) is 42.5 Å². The van der Waals surface area contributed by atoms with Gasteiger partial charge in [-0.25, -0.2) is 0 Å². The zero-order valence-electron chi connectivity index (χ0n) is 14.0. The Morgan fingerprint density at radius 1 is 1.25 bits per heavy atom. The van der Waals surface area contributed by atoms with Gasteiger partial charge in [-0.2, -0.15) is 0 Å². The monoisotopic (exact) mass is 323 g/mol. The predicted molar refractivity (Wildman–Crippen MR) is 90.9 cm³/mol. The van der Waals surface area contributed by atoms with Crippen molar-refractivity contribution in [2.24, 2.45) is 0 Å². The third-order valence-corrected chi connectivity index (χ3v) is 5.06. The molecule has 1 saturated heterocycles. The molecule has 0 aromatic heterocycles. The summed E-state index contributed by atoms with van der Waals surface area (Å²) in [4.78, 5) is 14.9. The maximum absolute atomic E-state index is 13.0. The van der Waals surface area contributed by atoms with Crippen LogP contribution in [0.25, 0.3) is 0 Å². The summed E-state index contributed by atoms with van der Waals surface area (Å²) in [5, 5.41) is 0. The van der Waals surface area contributed by atoms with E-state index < -0.39 is 0 Å². The molecule has 4 nitrogen and oxygen atoms in total. The molecule has 0 aliphatic carbocycles. The Hall–Kier alpha value is -2.33. The minimum Gasteiger partial charge on any atom is -0.497 e. The number of nitrogens with zero attached hydrogens (tertiary/aromatic N) is 1. The highest BCUT2D eigenvalue weighted by molar-refractivity contribution is 5.88. The molecular formula is C20H21NO3. The fourth-order valence-corrected chi connectivity index (χ4v) is 3.79. The number of methoxy groups -OCH3 is 1. The number of aryl methyl sites for hydroxylation is 1. The molecule has 1 amide bonds. The van der Waals surface area contributed by atoms with Crippen LogP contribution in [0, 0.1) is 6.92 Å². The number of likely N-dealkylation sites (tertiary alicyclic amines) is 1. The van der Waals surface area contributed by atoms with E-state index in [4.69, 9.17) is 9.47 Å². The molecule has 0 radical (unpaired) electrons. The summed E-state index contributed by atoms with van der Waals surface area (Å²) in [6, 6.07) is 14.1. The van der Waals surface area contributed by atoms with Crippen molar-refractivity contribution in [3.63, 3.8) is 0 Å². The van der Waals surface area contributed by atoms with E-state index in [1.54, 1.807) is 7.11 Å². The van der Waals surface area contributed by atoms with Gasteiger partial charge in [-0.15, -0.1) is 0 Å². The first-order chi connectivity index (χ1) is 11.7. The van der Waals surface area contributed by atoms with Crippen LogP contribution in [-0.4, -0.2) is 30.6 Å². The predicted octanol–water partition coefficient (Wildman–Crippen LogP) is 3.03. The molecule has 1 fully saturated rings. The highest BCUT2D eigenvalue weighted by Crippen LogP contribution is 2.41. The summed E-state index contributed by atoms with van der Waals surface area (Å²) >= 11 is 0. The summed E-state index contributed by atoms with van der Waals surface area (Å²) in [6.07, 6.45) is -0.0692. The number of carbonyl (C=O) groups is 1. The average molecular weight is 323 g/mol. The number of hydrogen-bond acceptors (Lipinski definition) is 3. The summed E-state index contributed by atoms with van der Waals surface area (Å²) in [5.74, 6) is 0.741. The number of carbonyl (C=O) groups excluding carboxylic acids is 1. The molecule has 0 spiro atoms. The number of amides is 1. The Kier molecular flexibility index (Phi) is 3.77. The molecular weight excluding hydrogens is 302 g/mol. The molecule has 2 heterocycles. The maximum atomic E-state index is 13.0. The highest BCUT2D eigenvalue weighted by Gasteiger charge is 2.45. The van der Waals surface area contributed by atoms with Gasteiger partial charge in [0, 0.05) is 13.1 Å². The standard InChI is InChI=1S/C20H21NO3/c1-13-8-15(23-2)9-16-17(13)12-24-18-11-21(20(22)19(16)18)10-14-6-4-3-5-7-14/h3-9,18-19H,10-12H2,1-2H3/t18-,19+/m1/s1. The first kappa shape index (κ1) is 15.2. The van der Waals surface area contributed by atoms with Crippen molar-refractivity contribution in [3.05, 3.63) is 64.7 Å². The van der Waals surface area contributed by atoms with E-state index >= 15 is 0 Å². The second kappa shape index (κ2) is 5.95. The molecule has 0 N–H and O–H groups in total. The van der Waals surface area contributed by atoms with Gasteiger partial charge in [0.1, 0.15) is 5.75 Å². The van der Waals surface area contributed by atoms with E-state index in [2.05, 4.69) is 12.1 Å². The lowest BCUT2D eigenvalue weighted by molar-refractivity contribution is -0.130. The Morgan fingerprint density at radius 3 is 2.79 bits per heavy atom. The topological polar surface area (TPSA) is 38.8 Å². The van der Waals surface area contributed by atoms with Crippen molar-refractivity contribution < 1.29 is 14.3 Å². The van der Waals surface area contributed by atoms with Crippen LogP contribution >= 0.6 is 0 Å². The minimum absolute atomic E-state index is 0.0692. The second-order valence-electron chi connectivity index (χ2n) is 6.54. The first-order valence-electron chi connectivity index (χ1n) is 8.29. The maximum Gasteiger partial charge on any atom is 0.233 e.